The van der Waals surface area contributed by atoms with Gasteiger partial charge >= 0.3 is 8.03 Å². The minimum atomic E-state index is -1.54. The second kappa shape index (κ2) is 3.49. The highest BCUT2D eigenvalue weighted by Crippen LogP contribution is 2.22. The van der Waals surface area contributed by atoms with Gasteiger partial charge in [0.25, 0.3) is 0 Å². The predicted octanol–water partition coefficient (Wildman–Crippen LogP) is 2.75. The molecular formula is C8H10O2P+. The average molecular weight is 169 g/mol. The summed E-state index contributed by atoms with van der Waals surface area (Å²) in [6.07, 6.45) is 0. The quantitative estimate of drug-likeness (QED) is 0.636. The van der Waals surface area contributed by atoms with Gasteiger partial charge in [0.1, 0.15) is 0 Å². The van der Waals surface area contributed by atoms with Crippen LogP contribution in [0.2, 0.25) is 0 Å². The van der Waals surface area contributed by atoms with E-state index in [-0.39, 0.29) is 0 Å². The van der Waals surface area contributed by atoms with E-state index < -0.39 is 8.03 Å². The summed E-state index contributed by atoms with van der Waals surface area (Å²) in [5.74, 6) is 0.666. The van der Waals surface area contributed by atoms with Crippen molar-refractivity contribution < 1.29 is 9.09 Å². The molecule has 1 aromatic carbocycles. The molecule has 0 saturated heterocycles. The van der Waals surface area contributed by atoms with Crippen molar-refractivity contribution in [1.82, 2.24) is 0 Å². The lowest BCUT2D eigenvalue weighted by atomic mass is 10.2. The van der Waals surface area contributed by atoms with E-state index in [1.807, 2.05) is 31.2 Å². The molecule has 0 aromatic heterocycles. The van der Waals surface area contributed by atoms with Crippen molar-refractivity contribution in [1.29, 1.82) is 0 Å². The number of benzene rings is 1. The molecule has 1 rings (SSSR count). The summed E-state index contributed by atoms with van der Waals surface area (Å²) in [6.45, 7) is 3.53. The number of rotatable bonds is 2. The van der Waals surface area contributed by atoms with Crippen LogP contribution in [-0.2, 0) is 4.57 Å². The summed E-state index contributed by atoms with van der Waals surface area (Å²) < 4.78 is 15.6. The van der Waals surface area contributed by atoms with Crippen molar-refractivity contribution >= 4 is 8.03 Å². The van der Waals surface area contributed by atoms with Crippen LogP contribution in [0.25, 0.3) is 0 Å². The van der Waals surface area contributed by atoms with Gasteiger partial charge in [0.05, 0.1) is 0 Å². The fourth-order valence-corrected chi connectivity index (χ4v) is 1.17. The summed E-state index contributed by atoms with van der Waals surface area (Å²) in [6, 6.07) is 7.47. The minimum absolute atomic E-state index is 0.666. The molecule has 0 amide bonds. The van der Waals surface area contributed by atoms with E-state index in [9.17, 15) is 4.57 Å². The second-order valence-electron chi connectivity index (χ2n) is 2.34. The molecule has 11 heavy (non-hydrogen) atoms. The molecule has 0 radical (unpaired) electrons. The first-order valence-electron chi connectivity index (χ1n) is 3.34. The van der Waals surface area contributed by atoms with Gasteiger partial charge in [-0.25, -0.2) is 0 Å². The van der Waals surface area contributed by atoms with Crippen LogP contribution in [0, 0.1) is 6.92 Å². The summed E-state index contributed by atoms with van der Waals surface area (Å²) in [5, 5.41) is 0. The molecule has 58 valence electrons. The average Bonchev–Trinajstić information content (AvgIpc) is 1.93. The SMILES string of the molecule is Cc1ccc(O[P+](C)=O)cc1. The van der Waals surface area contributed by atoms with Crippen LogP contribution in [0.3, 0.4) is 0 Å². The van der Waals surface area contributed by atoms with Crippen LogP contribution < -0.4 is 4.52 Å². The standard InChI is InChI=1S/C8H10O2P/c1-7-3-5-8(6-4-7)10-11(2)9/h3-6H,1-2H3/q+1. The Morgan fingerprint density at radius 1 is 1.27 bits per heavy atom. The van der Waals surface area contributed by atoms with Gasteiger partial charge in [-0.15, -0.1) is 0 Å². The van der Waals surface area contributed by atoms with Crippen LogP contribution >= 0.6 is 8.03 Å². The smallest absolute Gasteiger partial charge is 0.255 e. The van der Waals surface area contributed by atoms with Crippen molar-refractivity contribution in [2.75, 3.05) is 6.66 Å². The largest absolute Gasteiger partial charge is 0.552 e. The molecule has 1 atom stereocenters. The third kappa shape index (κ3) is 2.69. The van der Waals surface area contributed by atoms with Gasteiger partial charge < -0.3 is 0 Å². The molecule has 3 heteroatoms. The van der Waals surface area contributed by atoms with E-state index in [0.29, 0.717) is 5.75 Å². The van der Waals surface area contributed by atoms with Gasteiger partial charge in [-0.1, -0.05) is 17.7 Å². The molecule has 0 fully saturated rings. The Labute approximate surface area is 67.1 Å². The summed E-state index contributed by atoms with van der Waals surface area (Å²) in [4.78, 5) is 0. The topological polar surface area (TPSA) is 26.3 Å². The Morgan fingerprint density at radius 2 is 1.82 bits per heavy atom. The van der Waals surface area contributed by atoms with Crippen LogP contribution in [0.1, 0.15) is 5.56 Å². The van der Waals surface area contributed by atoms with Crippen molar-refractivity contribution in [2.24, 2.45) is 0 Å². The lowest BCUT2D eigenvalue weighted by Crippen LogP contribution is -1.78. The Bertz CT molecular complexity index is 253. The second-order valence-corrected chi connectivity index (χ2v) is 3.41. The van der Waals surface area contributed by atoms with Gasteiger partial charge in [-0.05, 0) is 23.6 Å². The molecule has 0 heterocycles. The molecular weight excluding hydrogens is 159 g/mol. The van der Waals surface area contributed by atoms with E-state index >= 15 is 0 Å². The van der Waals surface area contributed by atoms with Crippen LogP contribution in [0.15, 0.2) is 24.3 Å². The summed E-state index contributed by atoms with van der Waals surface area (Å²) in [5.41, 5.74) is 1.17. The first kappa shape index (κ1) is 8.22. The van der Waals surface area contributed by atoms with Crippen LogP contribution in [0.4, 0.5) is 0 Å². The van der Waals surface area contributed by atoms with Crippen LogP contribution in [-0.4, -0.2) is 6.66 Å². The zero-order valence-corrected chi connectivity index (χ0v) is 7.47. The van der Waals surface area contributed by atoms with E-state index in [4.69, 9.17) is 4.52 Å². The molecule has 1 aromatic rings. The normalized spacial score (nSPS) is 10.9. The fourth-order valence-electron chi connectivity index (χ4n) is 0.748. The molecule has 2 nitrogen and oxygen atoms in total. The highest BCUT2D eigenvalue weighted by Gasteiger charge is 2.07. The minimum Gasteiger partial charge on any atom is -0.255 e. The molecule has 1 unspecified atom stereocenters. The number of hydrogen-bond donors (Lipinski definition) is 0. The zero-order chi connectivity index (χ0) is 8.27. The number of hydrogen-bond acceptors (Lipinski definition) is 2. The van der Waals surface area contributed by atoms with Gasteiger partial charge in [0.2, 0.25) is 0 Å². The summed E-state index contributed by atoms with van der Waals surface area (Å²) in [7, 11) is -1.54. The van der Waals surface area contributed by atoms with Crippen molar-refractivity contribution in [3.63, 3.8) is 0 Å². The van der Waals surface area contributed by atoms with Crippen molar-refractivity contribution in [3.8, 4) is 5.75 Å². The molecule has 0 aliphatic heterocycles. The monoisotopic (exact) mass is 169 g/mol. The molecule has 0 N–H and O–H groups in total. The molecule has 0 aliphatic rings. The first-order valence-corrected chi connectivity index (χ1v) is 4.96. The molecule has 0 aliphatic carbocycles. The van der Waals surface area contributed by atoms with Crippen LogP contribution in [0.5, 0.6) is 5.75 Å². The third-order valence-electron chi connectivity index (χ3n) is 1.25. The van der Waals surface area contributed by atoms with Crippen molar-refractivity contribution in [3.05, 3.63) is 29.8 Å². The third-order valence-corrected chi connectivity index (χ3v) is 1.72. The fraction of sp³-hybridized carbons (Fsp3) is 0.250. The van der Waals surface area contributed by atoms with Crippen molar-refractivity contribution in [2.45, 2.75) is 6.92 Å². The van der Waals surface area contributed by atoms with Gasteiger partial charge in [0.15, 0.2) is 12.4 Å². The molecule has 0 spiro atoms. The highest BCUT2D eigenvalue weighted by atomic mass is 31.1. The molecule has 0 bridgehead atoms. The van der Waals surface area contributed by atoms with Gasteiger partial charge in [0, 0.05) is 0 Å². The highest BCUT2D eigenvalue weighted by molar-refractivity contribution is 7.38. The Balaban J connectivity index is 2.74. The van der Waals surface area contributed by atoms with E-state index in [0.717, 1.165) is 0 Å². The number of aryl methyl sites for hydroxylation is 1. The van der Waals surface area contributed by atoms with E-state index in [1.165, 1.54) is 12.2 Å². The maximum absolute atomic E-state index is 10.6. The maximum Gasteiger partial charge on any atom is 0.552 e. The summed E-state index contributed by atoms with van der Waals surface area (Å²) >= 11 is 0. The Kier molecular flexibility index (Phi) is 2.61. The lowest BCUT2D eigenvalue weighted by Gasteiger charge is -1.92. The zero-order valence-electron chi connectivity index (χ0n) is 6.57. The first-order chi connectivity index (χ1) is 5.18. The Hall–Kier alpha value is -0.880. The van der Waals surface area contributed by atoms with E-state index in [2.05, 4.69) is 0 Å². The van der Waals surface area contributed by atoms with Gasteiger partial charge in [-0.2, -0.15) is 0 Å². The van der Waals surface area contributed by atoms with E-state index in [1.54, 1.807) is 0 Å². The predicted molar refractivity (Wildman–Crippen MR) is 45.3 cm³/mol. The molecule has 0 saturated carbocycles. The Morgan fingerprint density at radius 3 is 2.27 bits per heavy atom. The maximum atomic E-state index is 10.6. The lowest BCUT2D eigenvalue weighted by molar-refractivity contribution is 0.510. The van der Waals surface area contributed by atoms with Gasteiger partial charge in [-0.3, -0.25) is 4.52 Å².